The molecule has 1 N–H and O–H groups in total. The average molecular weight is 264 g/mol. The maximum absolute atomic E-state index is 13.2. The fraction of sp³-hybridized carbons (Fsp3) is 0.500. The van der Waals surface area contributed by atoms with Gasteiger partial charge in [0.25, 0.3) is 0 Å². The second kappa shape index (κ2) is 4.84. The molecule has 1 aromatic heterocycles. The van der Waals surface area contributed by atoms with Gasteiger partial charge >= 0.3 is 0 Å². The summed E-state index contributed by atoms with van der Waals surface area (Å²) in [6.07, 6.45) is 6.59. The fourth-order valence-electron chi connectivity index (χ4n) is 2.95. The van der Waals surface area contributed by atoms with E-state index in [1.165, 1.54) is 44.2 Å². The van der Waals surface area contributed by atoms with E-state index in [0.29, 0.717) is 4.77 Å². The van der Waals surface area contributed by atoms with Gasteiger partial charge in [-0.2, -0.15) is 0 Å². The first kappa shape index (κ1) is 11.9. The highest BCUT2D eigenvalue weighted by atomic mass is 32.1. The summed E-state index contributed by atoms with van der Waals surface area (Å²) in [5, 5.41) is 0. The summed E-state index contributed by atoms with van der Waals surface area (Å²) in [6.45, 7) is 0.963. The van der Waals surface area contributed by atoms with Crippen LogP contribution < -0.4 is 0 Å². The molecule has 0 bridgehead atoms. The summed E-state index contributed by atoms with van der Waals surface area (Å²) in [5.41, 5.74) is 1.82. The predicted molar refractivity (Wildman–Crippen MR) is 73.7 cm³/mol. The van der Waals surface area contributed by atoms with Gasteiger partial charge < -0.3 is 9.55 Å². The highest BCUT2D eigenvalue weighted by molar-refractivity contribution is 7.71. The third-order valence-electron chi connectivity index (χ3n) is 3.90. The molecule has 4 heteroatoms. The van der Waals surface area contributed by atoms with Crippen LogP contribution in [0.1, 0.15) is 32.1 Å². The van der Waals surface area contributed by atoms with Crippen molar-refractivity contribution in [3.8, 4) is 0 Å². The minimum Gasteiger partial charge on any atom is -0.330 e. The number of fused-ring (bicyclic) bond motifs is 1. The topological polar surface area (TPSA) is 20.7 Å². The molecule has 1 saturated carbocycles. The smallest absolute Gasteiger partial charge is 0.178 e. The second-order valence-corrected chi connectivity index (χ2v) is 5.59. The van der Waals surface area contributed by atoms with Crippen molar-refractivity contribution in [2.45, 2.75) is 38.6 Å². The lowest BCUT2D eigenvalue weighted by molar-refractivity contribution is 0.321. The summed E-state index contributed by atoms with van der Waals surface area (Å²) >= 11 is 5.35. The summed E-state index contributed by atoms with van der Waals surface area (Å²) in [6, 6.07) is 4.84. The highest BCUT2D eigenvalue weighted by Crippen LogP contribution is 2.26. The molecular weight excluding hydrogens is 247 g/mol. The van der Waals surface area contributed by atoms with E-state index in [0.717, 1.165) is 23.5 Å². The molecule has 0 amide bonds. The number of hydrogen-bond donors (Lipinski definition) is 1. The third kappa shape index (κ3) is 2.21. The molecule has 1 aliphatic carbocycles. The van der Waals surface area contributed by atoms with Crippen molar-refractivity contribution in [3.05, 3.63) is 28.8 Å². The normalized spacial score (nSPS) is 17.4. The van der Waals surface area contributed by atoms with Crippen LogP contribution >= 0.6 is 12.2 Å². The van der Waals surface area contributed by atoms with Gasteiger partial charge in [0.2, 0.25) is 0 Å². The molecule has 2 nitrogen and oxygen atoms in total. The highest BCUT2D eigenvalue weighted by Gasteiger charge is 2.15. The first-order valence-corrected chi connectivity index (χ1v) is 7.03. The zero-order valence-corrected chi connectivity index (χ0v) is 11.1. The third-order valence-corrected chi connectivity index (χ3v) is 4.22. The Hall–Kier alpha value is -1.16. The number of nitrogens with one attached hydrogen (secondary N) is 1. The second-order valence-electron chi connectivity index (χ2n) is 5.21. The number of imidazole rings is 1. The van der Waals surface area contributed by atoms with Crippen LogP contribution in [0.15, 0.2) is 18.2 Å². The Morgan fingerprint density at radius 2 is 2.06 bits per heavy atom. The molecule has 2 aromatic rings. The fourth-order valence-corrected chi connectivity index (χ4v) is 3.23. The monoisotopic (exact) mass is 264 g/mol. The van der Waals surface area contributed by atoms with Crippen LogP contribution in [0.4, 0.5) is 4.39 Å². The van der Waals surface area contributed by atoms with Crippen LogP contribution in [-0.2, 0) is 6.54 Å². The van der Waals surface area contributed by atoms with Crippen LogP contribution in [0.2, 0.25) is 0 Å². The van der Waals surface area contributed by atoms with Crippen molar-refractivity contribution in [3.63, 3.8) is 0 Å². The number of nitrogens with zero attached hydrogens (tertiary/aromatic N) is 1. The van der Waals surface area contributed by atoms with Crippen LogP contribution in [0.25, 0.3) is 11.0 Å². The summed E-state index contributed by atoms with van der Waals surface area (Å²) in [4.78, 5) is 3.10. The van der Waals surface area contributed by atoms with Crippen molar-refractivity contribution in [1.29, 1.82) is 0 Å². The van der Waals surface area contributed by atoms with E-state index in [4.69, 9.17) is 12.2 Å². The number of rotatable bonds is 2. The Morgan fingerprint density at radius 1 is 1.28 bits per heavy atom. The first-order valence-electron chi connectivity index (χ1n) is 6.62. The maximum atomic E-state index is 13.2. The zero-order valence-electron chi connectivity index (χ0n) is 10.3. The molecule has 1 heterocycles. The molecule has 0 aliphatic heterocycles. The number of halogens is 1. The largest absolute Gasteiger partial charge is 0.330 e. The number of benzene rings is 1. The zero-order chi connectivity index (χ0) is 12.5. The molecule has 18 heavy (non-hydrogen) atoms. The molecule has 0 saturated heterocycles. The SMILES string of the molecule is Fc1ccc2c(c1)[nH]c(=S)n2CC1CCCCC1. The molecule has 0 radical (unpaired) electrons. The Balaban J connectivity index is 1.95. The van der Waals surface area contributed by atoms with E-state index in [1.54, 1.807) is 0 Å². The van der Waals surface area contributed by atoms with Gasteiger partial charge in [0.1, 0.15) is 5.82 Å². The van der Waals surface area contributed by atoms with Crippen molar-refractivity contribution in [1.82, 2.24) is 9.55 Å². The lowest BCUT2D eigenvalue weighted by Gasteiger charge is -2.22. The molecule has 0 unspecified atom stereocenters. The quantitative estimate of drug-likeness (QED) is 0.796. The first-order chi connectivity index (χ1) is 8.74. The number of aromatic amines is 1. The molecule has 0 atom stereocenters. The van der Waals surface area contributed by atoms with Crippen molar-refractivity contribution in [2.24, 2.45) is 5.92 Å². The van der Waals surface area contributed by atoms with Gasteiger partial charge in [-0.1, -0.05) is 19.3 Å². The van der Waals surface area contributed by atoms with Gasteiger partial charge in [-0.15, -0.1) is 0 Å². The van der Waals surface area contributed by atoms with Crippen molar-refractivity contribution in [2.75, 3.05) is 0 Å². The molecular formula is C14H17FN2S. The Kier molecular flexibility index (Phi) is 3.20. The van der Waals surface area contributed by atoms with E-state index in [2.05, 4.69) is 9.55 Å². The van der Waals surface area contributed by atoms with E-state index in [9.17, 15) is 4.39 Å². The minimum absolute atomic E-state index is 0.219. The van der Waals surface area contributed by atoms with E-state index >= 15 is 0 Å². The Labute approximate surface area is 111 Å². The van der Waals surface area contributed by atoms with Gasteiger partial charge in [-0.3, -0.25) is 0 Å². The van der Waals surface area contributed by atoms with E-state index in [-0.39, 0.29) is 5.82 Å². The van der Waals surface area contributed by atoms with E-state index < -0.39 is 0 Å². The molecule has 3 rings (SSSR count). The summed E-state index contributed by atoms with van der Waals surface area (Å²) in [5.74, 6) is 0.498. The molecule has 96 valence electrons. The maximum Gasteiger partial charge on any atom is 0.178 e. The van der Waals surface area contributed by atoms with Crippen LogP contribution in [0.3, 0.4) is 0 Å². The summed E-state index contributed by atoms with van der Waals surface area (Å²) < 4.78 is 16.0. The van der Waals surface area contributed by atoms with Crippen molar-refractivity contribution >= 4 is 23.3 Å². The minimum atomic E-state index is -0.219. The van der Waals surface area contributed by atoms with Gasteiger partial charge in [0.15, 0.2) is 4.77 Å². The predicted octanol–water partition coefficient (Wildman–Crippen LogP) is 4.42. The molecule has 1 aliphatic rings. The lowest BCUT2D eigenvalue weighted by atomic mass is 9.89. The Bertz CT molecular complexity index is 608. The molecule has 0 spiro atoms. The van der Waals surface area contributed by atoms with Gasteiger partial charge in [-0.25, -0.2) is 4.39 Å². The number of H-pyrrole nitrogens is 1. The lowest BCUT2D eigenvalue weighted by Crippen LogP contribution is -2.14. The number of hydrogen-bond acceptors (Lipinski definition) is 1. The Morgan fingerprint density at radius 3 is 2.83 bits per heavy atom. The molecule has 1 fully saturated rings. The van der Waals surface area contributed by atoms with Crippen LogP contribution in [0.5, 0.6) is 0 Å². The van der Waals surface area contributed by atoms with Gasteiger partial charge in [-0.05, 0) is 49.2 Å². The standard InChI is InChI=1S/C14H17FN2S/c15-11-6-7-13-12(8-11)16-14(18)17(13)9-10-4-2-1-3-5-10/h6-8,10H,1-5,9H2,(H,16,18). The molecule has 1 aromatic carbocycles. The number of aromatic nitrogens is 2. The van der Waals surface area contributed by atoms with Gasteiger partial charge in [0.05, 0.1) is 11.0 Å². The summed E-state index contributed by atoms with van der Waals surface area (Å²) in [7, 11) is 0. The van der Waals surface area contributed by atoms with E-state index in [1.807, 2.05) is 6.07 Å². The van der Waals surface area contributed by atoms with Crippen LogP contribution in [0, 0.1) is 16.5 Å². The van der Waals surface area contributed by atoms with Gasteiger partial charge in [0, 0.05) is 6.54 Å². The van der Waals surface area contributed by atoms with Crippen molar-refractivity contribution < 1.29 is 4.39 Å². The van der Waals surface area contributed by atoms with Crippen LogP contribution in [-0.4, -0.2) is 9.55 Å². The average Bonchev–Trinajstić information content (AvgIpc) is 2.66.